The monoisotopic (exact) mass is 584 g/mol. The Balaban J connectivity index is 1.62. The molecule has 2 aliphatic heterocycles. The van der Waals surface area contributed by atoms with Crippen molar-refractivity contribution in [3.63, 3.8) is 0 Å². The molecule has 3 aromatic rings. The summed E-state index contributed by atoms with van der Waals surface area (Å²) in [5, 5.41) is 11.0. The van der Waals surface area contributed by atoms with Crippen molar-refractivity contribution < 1.29 is 27.9 Å². The molecule has 2 aliphatic rings. The van der Waals surface area contributed by atoms with Crippen LogP contribution in [0.2, 0.25) is 5.15 Å². The van der Waals surface area contributed by atoms with Gasteiger partial charge in [0.25, 0.3) is 5.91 Å². The maximum Gasteiger partial charge on any atom is 0.411 e. The molecule has 1 fully saturated rings. The molecule has 41 heavy (non-hydrogen) atoms. The number of benzene rings is 2. The van der Waals surface area contributed by atoms with Crippen molar-refractivity contribution in [1.82, 2.24) is 15.3 Å². The van der Waals surface area contributed by atoms with Gasteiger partial charge in [0.2, 0.25) is 5.91 Å². The smallest absolute Gasteiger partial charge is 0.411 e. The van der Waals surface area contributed by atoms with Crippen LogP contribution < -0.4 is 21.3 Å². The minimum absolute atomic E-state index is 0.0132. The molecule has 2 bridgehead atoms. The van der Waals surface area contributed by atoms with Gasteiger partial charge in [-0.15, -0.1) is 0 Å². The van der Waals surface area contributed by atoms with Gasteiger partial charge in [-0.05, 0) is 49.6 Å². The van der Waals surface area contributed by atoms with E-state index in [0.717, 1.165) is 12.1 Å². The molecule has 3 amide bonds. The second-order valence-electron chi connectivity index (χ2n) is 9.76. The number of halogens is 3. The Morgan fingerprint density at radius 2 is 1.76 bits per heavy atom. The highest BCUT2D eigenvalue weighted by Gasteiger charge is 2.26. The fraction of sp³-hybridized carbons (Fsp3) is 0.286. The molecule has 214 valence electrons. The number of nitrogens with zero attached hydrogens (tertiary/aromatic N) is 1. The Hall–Kier alpha value is -4.29. The Kier molecular flexibility index (Phi) is 8.31. The van der Waals surface area contributed by atoms with Crippen molar-refractivity contribution in [2.45, 2.75) is 38.7 Å². The molecule has 0 unspecified atom stereocenters. The summed E-state index contributed by atoms with van der Waals surface area (Å²) in [7, 11) is 0. The lowest BCUT2D eigenvalue weighted by Gasteiger charge is -2.26. The summed E-state index contributed by atoms with van der Waals surface area (Å²) in [5.41, 5.74) is 0.153. The van der Waals surface area contributed by atoms with Crippen LogP contribution in [0.4, 0.5) is 30.6 Å². The van der Waals surface area contributed by atoms with Gasteiger partial charge in [-0.1, -0.05) is 23.8 Å². The number of carbonyl (C=O) groups is 3. The van der Waals surface area contributed by atoms with E-state index in [1.54, 1.807) is 0 Å². The molecule has 0 atom stereocenters. The van der Waals surface area contributed by atoms with E-state index in [4.69, 9.17) is 16.3 Å². The number of hydrogen-bond acceptors (Lipinski definition) is 6. The summed E-state index contributed by atoms with van der Waals surface area (Å²) >= 11 is 6.53. The molecule has 5 N–H and O–H groups in total. The van der Waals surface area contributed by atoms with Crippen LogP contribution >= 0.6 is 11.6 Å². The van der Waals surface area contributed by atoms with Gasteiger partial charge in [0, 0.05) is 31.6 Å². The van der Waals surface area contributed by atoms with Crippen molar-refractivity contribution >= 4 is 46.6 Å². The highest BCUT2D eigenvalue weighted by Crippen LogP contribution is 2.41. The first-order valence-corrected chi connectivity index (χ1v) is 13.4. The summed E-state index contributed by atoms with van der Waals surface area (Å²) in [4.78, 5) is 46.3. The van der Waals surface area contributed by atoms with Crippen molar-refractivity contribution in [3.05, 3.63) is 70.2 Å². The van der Waals surface area contributed by atoms with Gasteiger partial charge in [0.1, 0.15) is 40.0 Å². The quantitative estimate of drug-likeness (QED) is 0.264. The van der Waals surface area contributed by atoms with Crippen molar-refractivity contribution in [3.8, 4) is 11.3 Å². The third-order valence-corrected chi connectivity index (χ3v) is 6.81. The number of allylic oxidation sites excluding steroid dienone is 2. The second-order valence-corrected chi connectivity index (χ2v) is 10.1. The van der Waals surface area contributed by atoms with E-state index < -0.39 is 29.2 Å². The molecule has 0 aliphatic carbocycles. The average molecular weight is 585 g/mol. The molecule has 5 rings (SSSR count). The van der Waals surface area contributed by atoms with E-state index in [9.17, 15) is 23.2 Å². The van der Waals surface area contributed by atoms with Crippen molar-refractivity contribution in [2.75, 3.05) is 29.0 Å². The van der Waals surface area contributed by atoms with E-state index in [1.807, 2.05) is 12.2 Å². The minimum Gasteiger partial charge on any atom is -0.443 e. The number of aryl methyl sites for hydroxylation is 2. The number of carbonyl (C=O) groups excluding carboxylic acids is 3. The Labute approximate surface area is 238 Å². The zero-order valence-corrected chi connectivity index (χ0v) is 22.8. The first-order chi connectivity index (χ1) is 19.7. The Morgan fingerprint density at radius 3 is 2.44 bits per heavy atom. The van der Waals surface area contributed by atoms with Crippen LogP contribution in [0.15, 0.2) is 36.4 Å². The molecule has 0 radical (unpaired) electrons. The number of aromatic nitrogens is 2. The third kappa shape index (κ3) is 6.55. The molecule has 1 saturated heterocycles. The lowest BCUT2D eigenvalue weighted by atomic mass is 10.0. The van der Waals surface area contributed by atoms with Crippen LogP contribution in [0.5, 0.6) is 0 Å². The number of ether oxygens (including phenoxy) is 1. The zero-order valence-electron chi connectivity index (χ0n) is 22.0. The average Bonchev–Trinajstić information content (AvgIpc) is 3.22. The van der Waals surface area contributed by atoms with Gasteiger partial charge in [-0.2, -0.15) is 0 Å². The minimum atomic E-state index is -1.09. The zero-order chi connectivity index (χ0) is 29.1. The normalized spacial score (nSPS) is 15.4. The standard InChI is InChI=1S/C28H27ClF2N6O4/c1-14-8-17(30)23(18(31)9-14)27(39)35-20-11-15(33-28(40)41-16-12-32-13-16)10-19-24(20)25-26(29)37-21(36-25)6-4-2-3-5-7-22(38)34-19/h2-3,8-11,16,32H,4-7,12-13H2,1H3,(H,33,40)(H,34,38)(H,35,39)(H,36,37). The second kappa shape index (κ2) is 12.1. The molecule has 13 heteroatoms. The summed E-state index contributed by atoms with van der Waals surface area (Å²) in [6, 6.07) is 4.92. The summed E-state index contributed by atoms with van der Waals surface area (Å²) in [5.74, 6) is -2.98. The maximum absolute atomic E-state index is 14.7. The van der Waals surface area contributed by atoms with E-state index in [2.05, 4.69) is 31.2 Å². The van der Waals surface area contributed by atoms with Gasteiger partial charge in [-0.3, -0.25) is 14.9 Å². The molecule has 0 saturated carbocycles. The van der Waals surface area contributed by atoms with E-state index in [0.29, 0.717) is 43.7 Å². The molecule has 3 heterocycles. The fourth-order valence-corrected chi connectivity index (χ4v) is 4.72. The van der Waals surface area contributed by atoms with Gasteiger partial charge in [0.15, 0.2) is 0 Å². The molecule has 1 aromatic heterocycles. The number of nitrogens with one attached hydrogen (secondary N) is 5. The first-order valence-electron chi connectivity index (χ1n) is 13.0. The number of fused-ring (bicyclic) bond motifs is 4. The predicted octanol–water partition coefficient (Wildman–Crippen LogP) is 5.31. The molecular weight excluding hydrogens is 558 g/mol. The van der Waals surface area contributed by atoms with Crippen LogP contribution in [-0.4, -0.2) is 47.1 Å². The largest absolute Gasteiger partial charge is 0.443 e. The first kappa shape index (κ1) is 28.2. The van der Waals surface area contributed by atoms with Gasteiger partial charge in [-0.25, -0.2) is 18.6 Å². The van der Waals surface area contributed by atoms with Gasteiger partial charge in [0.05, 0.1) is 16.9 Å². The maximum atomic E-state index is 14.7. The lowest BCUT2D eigenvalue weighted by molar-refractivity contribution is -0.116. The van der Waals surface area contributed by atoms with Crippen LogP contribution in [0.25, 0.3) is 11.3 Å². The summed E-state index contributed by atoms with van der Waals surface area (Å²) < 4.78 is 34.7. The molecule has 0 spiro atoms. The predicted molar refractivity (Wildman–Crippen MR) is 150 cm³/mol. The molecular formula is C28H27ClF2N6O4. The number of imidazole rings is 1. The van der Waals surface area contributed by atoms with E-state index in [-0.39, 0.29) is 51.9 Å². The van der Waals surface area contributed by atoms with Crippen LogP contribution in [0, 0.1) is 18.6 Å². The lowest BCUT2D eigenvalue weighted by Crippen LogP contribution is -2.49. The van der Waals surface area contributed by atoms with Gasteiger partial charge >= 0.3 is 6.09 Å². The van der Waals surface area contributed by atoms with Crippen LogP contribution in [0.1, 0.15) is 41.0 Å². The number of rotatable bonds is 4. The number of amides is 3. The van der Waals surface area contributed by atoms with Crippen molar-refractivity contribution in [1.29, 1.82) is 0 Å². The Morgan fingerprint density at radius 1 is 1.05 bits per heavy atom. The topological polar surface area (TPSA) is 137 Å². The molecule has 2 aromatic carbocycles. The summed E-state index contributed by atoms with van der Waals surface area (Å²) in [6.07, 6.45) is 4.59. The van der Waals surface area contributed by atoms with Crippen molar-refractivity contribution in [2.24, 2.45) is 0 Å². The number of hydrogen-bond donors (Lipinski definition) is 5. The van der Waals surface area contributed by atoms with Crippen LogP contribution in [-0.2, 0) is 16.0 Å². The third-order valence-electron chi connectivity index (χ3n) is 6.54. The number of H-pyrrole nitrogens is 1. The van der Waals surface area contributed by atoms with E-state index in [1.165, 1.54) is 19.1 Å². The SMILES string of the molecule is Cc1cc(F)c(C(=O)Nc2cc(NC(=O)OC3CNC3)cc3c2-c2nc([nH]c2Cl)CCC=CCCC(=O)N3)c(F)c1. The number of aromatic amines is 1. The summed E-state index contributed by atoms with van der Waals surface area (Å²) in [6.45, 7) is 2.52. The van der Waals surface area contributed by atoms with Gasteiger partial charge < -0.3 is 25.7 Å². The number of anilines is 3. The highest BCUT2D eigenvalue weighted by molar-refractivity contribution is 6.32. The Bertz CT molecular complexity index is 1530. The van der Waals surface area contributed by atoms with Crippen LogP contribution in [0.3, 0.4) is 0 Å². The highest BCUT2D eigenvalue weighted by atomic mass is 35.5. The fourth-order valence-electron chi connectivity index (χ4n) is 4.48. The van der Waals surface area contributed by atoms with E-state index >= 15 is 0 Å². The molecule has 10 nitrogen and oxygen atoms in total.